The van der Waals surface area contributed by atoms with Crippen molar-refractivity contribution in [1.82, 2.24) is 14.5 Å². The second-order valence-corrected chi connectivity index (χ2v) is 16.3. The third kappa shape index (κ3) is 8.28. The van der Waals surface area contributed by atoms with E-state index in [2.05, 4.69) is 48.2 Å². The van der Waals surface area contributed by atoms with Crippen molar-refractivity contribution < 1.29 is 13.8 Å². The van der Waals surface area contributed by atoms with E-state index in [0.717, 1.165) is 62.1 Å². The van der Waals surface area contributed by atoms with Crippen LogP contribution < -0.4 is 0 Å². The number of nitrogens with zero attached hydrogens (tertiary/aromatic N) is 4. The molecular formula is C34H59N4O3P. The van der Waals surface area contributed by atoms with E-state index in [1.807, 2.05) is 0 Å². The molecule has 1 heterocycles. The first kappa shape index (κ1) is 32.6. The Bertz CT molecular complexity index is 880. The average Bonchev–Trinajstić information content (AvgIpc) is 3.49. The Morgan fingerprint density at radius 3 is 2.21 bits per heavy atom. The number of carbonyl (C=O) groups excluding carboxylic acids is 1. The molecule has 0 bridgehead atoms. The highest BCUT2D eigenvalue weighted by molar-refractivity contribution is 7.44. The van der Waals surface area contributed by atoms with Gasteiger partial charge in [0.2, 0.25) is 5.91 Å². The van der Waals surface area contributed by atoms with E-state index in [9.17, 15) is 4.79 Å². The molecule has 0 radical (unpaired) electrons. The highest BCUT2D eigenvalue weighted by Gasteiger charge is 2.56. The van der Waals surface area contributed by atoms with E-state index >= 15 is 0 Å². The predicted octanol–water partition coefficient (Wildman–Crippen LogP) is 7.22. The highest BCUT2D eigenvalue weighted by atomic mass is 31.2. The molecule has 5 aliphatic rings. The third-order valence-corrected chi connectivity index (χ3v) is 13.4. The van der Waals surface area contributed by atoms with Crippen LogP contribution in [0.4, 0.5) is 0 Å². The minimum absolute atomic E-state index is 0.310. The molecule has 1 aliphatic heterocycles. The van der Waals surface area contributed by atoms with Gasteiger partial charge in [0, 0.05) is 37.8 Å². The van der Waals surface area contributed by atoms with Gasteiger partial charge in [-0.25, -0.2) is 4.67 Å². The Morgan fingerprint density at radius 2 is 1.57 bits per heavy atom. The fourth-order valence-corrected chi connectivity index (χ4v) is 10.9. The standard InChI is InChI=1S/C34H59N4O3P/c1-25(2)38(26(3)4)42(40-20-8-17-35)41-24-27-15-18-36(19-16-27)33(39)23-37(34-31-11-7-12-32(31)34)22-28-13-14-30(21-28)29-9-5-6-10-29/h25-32,34H,5-16,18-24H2,1-4H3/t28-,30+,31-,32?,34?,42?/m1/s1. The molecule has 8 heteroatoms. The van der Waals surface area contributed by atoms with Gasteiger partial charge >= 0.3 is 0 Å². The maximum Gasteiger partial charge on any atom is 0.259 e. The molecule has 5 fully saturated rings. The Kier molecular flexibility index (Phi) is 12.0. The molecule has 0 aromatic rings. The lowest BCUT2D eigenvalue weighted by Crippen LogP contribution is -2.46. The minimum atomic E-state index is -1.20. The molecular weight excluding hydrogens is 543 g/mol. The number of carbonyl (C=O) groups is 1. The summed E-state index contributed by atoms with van der Waals surface area (Å²) < 4.78 is 14.8. The van der Waals surface area contributed by atoms with Crippen LogP contribution in [-0.4, -0.2) is 77.9 Å². The van der Waals surface area contributed by atoms with Gasteiger partial charge in [0.15, 0.2) is 0 Å². The first-order chi connectivity index (χ1) is 20.4. The van der Waals surface area contributed by atoms with Crippen molar-refractivity contribution in [3.05, 3.63) is 0 Å². The highest BCUT2D eigenvalue weighted by Crippen LogP contribution is 2.55. The van der Waals surface area contributed by atoms with Gasteiger partial charge in [0.1, 0.15) is 0 Å². The Labute approximate surface area is 258 Å². The van der Waals surface area contributed by atoms with Gasteiger partial charge in [-0.3, -0.25) is 9.69 Å². The van der Waals surface area contributed by atoms with Gasteiger partial charge in [0.25, 0.3) is 8.53 Å². The van der Waals surface area contributed by atoms with Crippen LogP contribution in [0.15, 0.2) is 0 Å². The largest absolute Gasteiger partial charge is 0.342 e. The number of nitriles is 1. The SMILES string of the molecule is CC(C)N(C(C)C)P(OCCC#N)OCC1CCN(C(=O)CN(C[C@@H]2CC[C@H](C3CCCC3)C2)C2C3CCC[C@H]32)CC1. The molecule has 3 unspecified atom stereocenters. The van der Waals surface area contributed by atoms with Crippen molar-refractivity contribution in [3.63, 3.8) is 0 Å². The molecule has 0 aromatic carbocycles. The molecule has 42 heavy (non-hydrogen) atoms. The maximum absolute atomic E-state index is 13.7. The first-order valence-corrected chi connectivity index (χ1v) is 18.7. The zero-order valence-electron chi connectivity index (χ0n) is 27.1. The molecule has 6 atom stereocenters. The zero-order valence-corrected chi connectivity index (χ0v) is 28.0. The summed E-state index contributed by atoms with van der Waals surface area (Å²) in [5, 5.41) is 8.98. The average molecular weight is 603 g/mol. The van der Waals surface area contributed by atoms with E-state index in [0.29, 0.717) is 56.1 Å². The summed E-state index contributed by atoms with van der Waals surface area (Å²) in [5.41, 5.74) is 0. The van der Waals surface area contributed by atoms with E-state index in [4.69, 9.17) is 14.3 Å². The van der Waals surface area contributed by atoms with Crippen LogP contribution >= 0.6 is 8.53 Å². The summed E-state index contributed by atoms with van der Waals surface area (Å²) in [6, 6.07) is 3.48. The summed E-state index contributed by atoms with van der Waals surface area (Å²) in [5.74, 6) is 5.30. The van der Waals surface area contributed by atoms with Gasteiger partial charge in [-0.05, 0) is 108 Å². The lowest BCUT2D eigenvalue weighted by molar-refractivity contribution is -0.134. The van der Waals surface area contributed by atoms with Crippen molar-refractivity contribution >= 4 is 14.4 Å². The van der Waals surface area contributed by atoms with Crippen LogP contribution in [0.25, 0.3) is 0 Å². The summed E-state index contributed by atoms with van der Waals surface area (Å²) in [7, 11) is -1.20. The second-order valence-electron chi connectivity index (χ2n) is 14.8. The van der Waals surface area contributed by atoms with Crippen molar-refractivity contribution in [2.75, 3.05) is 39.4 Å². The van der Waals surface area contributed by atoms with E-state index in [1.165, 1.54) is 64.2 Å². The van der Waals surface area contributed by atoms with Gasteiger partial charge < -0.3 is 13.9 Å². The van der Waals surface area contributed by atoms with E-state index in [-0.39, 0.29) is 0 Å². The van der Waals surface area contributed by atoms with Gasteiger partial charge in [-0.15, -0.1) is 0 Å². The number of likely N-dealkylation sites (tertiary alicyclic amines) is 1. The molecule has 7 nitrogen and oxygen atoms in total. The van der Waals surface area contributed by atoms with Crippen molar-refractivity contribution in [2.24, 2.45) is 35.5 Å². The molecule has 0 N–H and O–H groups in total. The van der Waals surface area contributed by atoms with Crippen LogP contribution in [0.1, 0.15) is 111 Å². The smallest absolute Gasteiger partial charge is 0.259 e. The molecule has 5 rings (SSSR count). The van der Waals surface area contributed by atoms with Gasteiger partial charge in [-0.1, -0.05) is 32.1 Å². The van der Waals surface area contributed by atoms with Gasteiger partial charge in [0.05, 0.1) is 32.2 Å². The van der Waals surface area contributed by atoms with Crippen LogP contribution in [0.3, 0.4) is 0 Å². The first-order valence-electron chi connectivity index (χ1n) is 17.6. The van der Waals surface area contributed by atoms with Crippen molar-refractivity contribution in [2.45, 2.75) is 129 Å². The quantitative estimate of drug-likeness (QED) is 0.146. The molecule has 1 amide bonds. The maximum atomic E-state index is 13.7. The monoisotopic (exact) mass is 602 g/mol. The lowest BCUT2D eigenvalue weighted by Gasteiger charge is -2.38. The predicted molar refractivity (Wildman–Crippen MR) is 169 cm³/mol. The number of piperidine rings is 1. The minimum Gasteiger partial charge on any atom is -0.342 e. The van der Waals surface area contributed by atoms with E-state index in [1.54, 1.807) is 0 Å². The molecule has 4 saturated carbocycles. The molecule has 0 aromatic heterocycles. The fourth-order valence-electron chi connectivity index (χ4n) is 9.19. The molecule has 238 valence electrons. The second kappa shape index (κ2) is 15.5. The van der Waals surface area contributed by atoms with Gasteiger partial charge in [-0.2, -0.15) is 5.26 Å². The normalized spacial score (nSPS) is 31.0. The Balaban J connectivity index is 1.09. The number of hydrogen-bond donors (Lipinski definition) is 0. The van der Waals surface area contributed by atoms with Crippen LogP contribution in [0.2, 0.25) is 0 Å². The summed E-state index contributed by atoms with van der Waals surface area (Å²) in [6.45, 7) is 13.3. The molecule has 0 spiro atoms. The van der Waals surface area contributed by atoms with Crippen molar-refractivity contribution in [1.29, 1.82) is 5.26 Å². The summed E-state index contributed by atoms with van der Waals surface area (Å²) >= 11 is 0. The molecule has 1 saturated heterocycles. The van der Waals surface area contributed by atoms with Crippen LogP contribution in [-0.2, 0) is 13.8 Å². The summed E-state index contributed by atoms with van der Waals surface area (Å²) in [4.78, 5) is 18.5. The zero-order chi connectivity index (χ0) is 29.6. The molecule has 4 aliphatic carbocycles. The topological polar surface area (TPSA) is 69.0 Å². The summed E-state index contributed by atoms with van der Waals surface area (Å²) in [6.07, 6.45) is 16.6. The van der Waals surface area contributed by atoms with Crippen LogP contribution in [0.5, 0.6) is 0 Å². The number of amides is 1. The Morgan fingerprint density at radius 1 is 0.881 bits per heavy atom. The number of fused-ring (bicyclic) bond motifs is 1. The van der Waals surface area contributed by atoms with Crippen molar-refractivity contribution in [3.8, 4) is 6.07 Å². The van der Waals surface area contributed by atoms with E-state index < -0.39 is 8.53 Å². The number of hydrogen-bond acceptors (Lipinski definition) is 6. The van der Waals surface area contributed by atoms with Crippen LogP contribution in [0, 0.1) is 46.8 Å². The lowest BCUT2D eigenvalue weighted by atomic mass is 9.89. The fraction of sp³-hybridized carbons (Fsp3) is 0.941. The number of rotatable bonds is 15. The Hall–Kier alpha value is -0.770. The third-order valence-electron chi connectivity index (χ3n) is 11.3.